The van der Waals surface area contributed by atoms with Gasteiger partial charge in [-0.15, -0.1) is 0 Å². The second-order valence-corrected chi connectivity index (χ2v) is 13.9. The molecule has 3 N–H and O–H groups in total. The zero-order chi connectivity index (χ0) is 33.1. The molecule has 0 bridgehead atoms. The van der Waals surface area contributed by atoms with Gasteiger partial charge in [-0.05, 0) is 50.6 Å². The van der Waals surface area contributed by atoms with Crippen LogP contribution >= 0.6 is 0 Å². The van der Waals surface area contributed by atoms with Crippen molar-refractivity contribution in [2.75, 3.05) is 79.9 Å². The lowest BCUT2D eigenvalue weighted by molar-refractivity contribution is 0.0982. The second kappa shape index (κ2) is 13.7. The zero-order valence-electron chi connectivity index (χ0n) is 27.3. The van der Waals surface area contributed by atoms with E-state index in [0.717, 1.165) is 69.6 Å². The molecule has 4 aromatic rings. The van der Waals surface area contributed by atoms with Crippen LogP contribution in [0.3, 0.4) is 0 Å². The smallest absolute Gasteiger partial charge is 0.229 e. The topological polar surface area (TPSA) is 141 Å². The quantitative estimate of drug-likeness (QED) is 0.222. The van der Waals surface area contributed by atoms with Crippen LogP contribution in [0.5, 0.6) is 5.75 Å². The number of aromatic nitrogens is 4. The van der Waals surface area contributed by atoms with E-state index >= 15 is 0 Å². The van der Waals surface area contributed by atoms with E-state index < -0.39 is 10.0 Å². The maximum absolute atomic E-state index is 12.3. The minimum atomic E-state index is -3.63. The molecule has 0 radical (unpaired) electrons. The fraction of sp³-hybridized carbons (Fsp3) is 0.394. The summed E-state index contributed by atoms with van der Waals surface area (Å²) in [6, 6.07) is 8.28. The Morgan fingerprint density at radius 1 is 0.979 bits per heavy atom. The number of hydrogen-bond acceptors (Lipinski definition) is 12. The summed E-state index contributed by atoms with van der Waals surface area (Å²) in [5, 5.41) is 6.58. The minimum Gasteiger partial charge on any atom is -0.494 e. The lowest BCUT2D eigenvalue weighted by Crippen LogP contribution is -2.52. The molecule has 2 aromatic heterocycles. The average Bonchev–Trinajstić information content (AvgIpc) is 3.06. The van der Waals surface area contributed by atoms with Gasteiger partial charge in [0.2, 0.25) is 16.0 Å². The summed E-state index contributed by atoms with van der Waals surface area (Å²) in [7, 11) is 0.234. The Morgan fingerprint density at radius 2 is 1.72 bits per heavy atom. The van der Waals surface area contributed by atoms with Crippen LogP contribution in [0.2, 0.25) is 0 Å². The standard InChI is InChI=1S/C33H42N10O3S/c1-6-23-21-36-33(39-32(23)37-26-8-7-25-30(35-12-11-34-25)31(26)40-47(5,44)45)38-27-19-22(2)28(20-29(27)46-4)43-13-9-24(10-14-43)42-17-15-41(3)16-18-42/h6-8,11-12,19-21,24,40H,1,9-10,13-18H2,2-5H3,(H2,36,37,38,39). The van der Waals surface area contributed by atoms with E-state index in [4.69, 9.17) is 9.72 Å². The number of anilines is 6. The van der Waals surface area contributed by atoms with Crippen molar-refractivity contribution in [3.63, 3.8) is 0 Å². The maximum atomic E-state index is 12.3. The highest BCUT2D eigenvalue weighted by Gasteiger charge is 2.28. The molecule has 0 spiro atoms. The second-order valence-electron chi connectivity index (χ2n) is 12.1. The monoisotopic (exact) mass is 658 g/mol. The minimum absolute atomic E-state index is 0.265. The van der Waals surface area contributed by atoms with E-state index in [1.165, 1.54) is 11.9 Å². The van der Waals surface area contributed by atoms with Gasteiger partial charge in [0, 0.05) is 81.2 Å². The van der Waals surface area contributed by atoms with E-state index in [1.807, 2.05) is 0 Å². The predicted octanol–water partition coefficient (Wildman–Crippen LogP) is 4.45. The number of nitrogens with one attached hydrogen (secondary N) is 3. The van der Waals surface area contributed by atoms with Crippen LogP contribution in [0.15, 0.2) is 49.4 Å². The van der Waals surface area contributed by atoms with Gasteiger partial charge in [-0.1, -0.05) is 12.7 Å². The molecular weight excluding hydrogens is 616 g/mol. The van der Waals surface area contributed by atoms with Gasteiger partial charge in [-0.2, -0.15) is 4.98 Å². The van der Waals surface area contributed by atoms with Gasteiger partial charge < -0.3 is 25.2 Å². The fourth-order valence-electron chi connectivity index (χ4n) is 6.32. The molecule has 6 rings (SSSR count). The Bertz CT molecular complexity index is 1870. The Kier molecular flexibility index (Phi) is 9.43. The highest BCUT2D eigenvalue weighted by atomic mass is 32.2. The fourth-order valence-corrected chi connectivity index (χ4v) is 6.90. The lowest BCUT2D eigenvalue weighted by atomic mass is 10.0. The predicted molar refractivity (Wildman–Crippen MR) is 189 cm³/mol. The number of hydrogen-bond donors (Lipinski definition) is 3. The molecular formula is C33H42N10O3S. The van der Waals surface area contributed by atoms with Crippen LogP contribution in [-0.2, 0) is 10.0 Å². The van der Waals surface area contributed by atoms with Gasteiger partial charge in [0.1, 0.15) is 17.1 Å². The average molecular weight is 659 g/mol. The SMILES string of the molecule is C=Cc1cnc(Nc2cc(C)c(N3CCC(N4CCN(C)CC4)CC3)cc2OC)nc1Nc1ccc2nccnc2c1NS(C)(=O)=O. The highest BCUT2D eigenvalue weighted by Crippen LogP contribution is 2.37. The molecule has 0 amide bonds. The Balaban J connectivity index is 1.23. The molecule has 2 aliphatic rings. The van der Waals surface area contributed by atoms with Crippen LogP contribution in [0.25, 0.3) is 17.1 Å². The summed E-state index contributed by atoms with van der Waals surface area (Å²) in [6.07, 6.45) is 9.73. The van der Waals surface area contributed by atoms with E-state index in [9.17, 15) is 8.42 Å². The number of piperazine rings is 1. The number of benzene rings is 2. The third kappa shape index (κ3) is 7.39. The molecule has 0 atom stereocenters. The van der Waals surface area contributed by atoms with Crippen molar-refractivity contribution in [2.24, 2.45) is 0 Å². The Hall–Kier alpha value is -4.53. The van der Waals surface area contributed by atoms with E-state index in [-0.39, 0.29) is 5.69 Å². The molecule has 2 aliphatic heterocycles. The van der Waals surface area contributed by atoms with Gasteiger partial charge in [-0.3, -0.25) is 19.6 Å². The number of methoxy groups -OCH3 is 1. The molecule has 248 valence electrons. The third-order valence-corrected chi connectivity index (χ3v) is 9.42. The molecule has 0 aliphatic carbocycles. The Morgan fingerprint density at radius 3 is 2.43 bits per heavy atom. The number of nitrogens with zero attached hydrogens (tertiary/aromatic N) is 7. The molecule has 0 saturated carbocycles. The molecule has 2 fully saturated rings. The number of ether oxygens (including phenoxy) is 1. The van der Waals surface area contributed by atoms with E-state index in [0.29, 0.717) is 45.8 Å². The molecule has 0 unspecified atom stereocenters. The van der Waals surface area contributed by atoms with Crippen LogP contribution in [0, 0.1) is 6.92 Å². The summed E-state index contributed by atoms with van der Waals surface area (Å²) in [5.74, 6) is 1.44. The van der Waals surface area contributed by atoms with Gasteiger partial charge >= 0.3 is 0 Å². The molecule has 14 heteroatoms. The first kappa shape index (κ1) is 32.4. The first-order valence-corrected chi connectivity index (χ1v) is 17.6. The van der Waals surface area contributed by atoms with Crippen LogP contribution in [0.1, 0.15) is 24.0 Å². The highest BCUT2D eigenvalue weighted by molar-refractivity contribution is 7.92. The molecule has 47 heavy (non-hydrogen) atoms. The van der Waals surface area contributed by atoms with E-state index in [2.05, 4.69) is 77.7 Å². The molecule has 2 aromatic carbocycles. The third-order valence-electron chi connectivity index (χ3n) is 8.84. The summed E-state index contributed by atoms with van der Waals surface area (Å²) in [5.41, 5.74) is 5.31. The number of rotatable bonds is 10. The number of aryl methyl sites for hydroxylation is 1. The summed E-state index contributed by atoms with van der Waals surface area (Å²) in [4.78, 5) is 25.4. The van der Waals surface area contributed by atoms with Crippen molar-refractivity contribution in [1.82, 2.24) is 29.7 Å². The first-order chi connectivity index (χ1) is 22.6. The largest absolute Gasteiger partial charge is 0.494 e. The summed E-state index contributed by atoms with van der Waals surface area (Å²) >= 11 is 0. The number of fused-ring (bicyclic) bond motifs is 1. The van der Waals surface area contributed by atoms with Gasteiger partial charge in [0.15, 0.2) is 0 Å². The van der Waals surface area contributed by atoms with Crippen molar-refractivity contribution in [1.29, 1.82) is 0 Å². The molecule has 13 nitrogen and oxygen atoms in total. The first-order valence-electron chi connectivity index (χ1n) is 15.7. The number of piperidine rings is 1. The van der Waals surface area contributed by atoms with Crippen molar-refractivity contribution < 1.29 is 13.2 Å². The number of sulfonamides is 1. The van der Waals surface area contributed by atoms with E-state index in [1.54, 1.807) is 37.7 Å². The van der Waals surface area contributed by atoms with Crippen LogP contribution in [0.4, 0.5) is 34.5 Å². The molecule has 2 saturated heterocycles. The van der Waals surface area contributed by atoms with Crippen LogP contribution < -0.4 is 25.0 Å². The summed E-state index contributed by atoms with van der Waals surface area (Å²) < 4.78 is 33.0. The molecule has 4 heterocycles. The van der Waals surface area contributed by atoms with Crippen LogP contribution in [-0.4, -0.2) is 104 Å². The lowest BCUT2D eigenvalue weighted by Gasteiger charge is -2.43. The van der Waals surface area contributed by atoms with Gasteiger partial charge in [-0.25, -0.2) is 13.4 Å². The van der Waals surface area contributed by atoms with Gasteiger partial charge in [0.05, 0.1) is 35.9 Å². The number of likely N-dealkylation sites (N-methyl/N-ethyl adjacent to an activating group) is 1. The van der Waals surface area contributed by atoms with Crippen molar-refractivity contribution in [3.05, 3.63) is 60.6 Å². The van der Waals surface area contributed by atoms with Crippen molar-refractivity contribution in [3.8, 4) is 5.75 Å². The maximum Gasteiger partial charge on any atom is 0.229 e. The van der Waals surface area contributed by atoms with Crippen molar-refractivity contribution >= 4 is 61.6 Å². The van der Waals surface area contributed by atoms with Gasteiger partial charge in [0.25, 0.3) is 0 Å². The zero-order valence-corrected chi connectivity index (χ0v) is 28.1. The Labute approximate surface area is 276 Å². The van der Waals surface area contributed by atoms with Crippen molar-refractivity contribution in [2.45, 2.75) is 25.8 Å². The summed E-state index contributed by atoms with van der Waals surface area (Å²) in [6.45, 7) is 12.6. The normalized spacial score (nSPS) is 16.6.